The van der Waals surface area contributed by atoms with Gasteiger partial charge in [0, 0.05) is 11.6 Å². The average molecular weight is 265 g/mol. The summed E-state index contributed by atoms with van der Waals surface area (Å²) in [6, 6.07) is 5.18. The molecular formula is C15H17F2NO. The second kappa shape index (κ2) is 5.97. The first-order valence-electron chi connectivity index (χ1n) is 6.34. The van der Waals surface area contributed by atoms with Crippen molar-refractivity contribution in [3.63, 3.8) is 0 Å². The van der Waals surface area contributed by atoms with Gasteiger partial charge in [-0.25, -0.2) is 8.78 Å². The predicted molar refractivity (Wildman–Crippen MR) is 69.9 cm³/mol. The molecule has 1 aromatic carbocycles. The van der Waals surface area contributed by atoms with Crippen LogP contribution in [0, 0.1) is 18.6 Å². The fourth-order valence-electron chi connectivity index (χ4n) is 2.07. The molecular weight excluding hydrogens is 248 g/mol. The monoisotopic (exact) mass is 265 g/mol. The summed E-state index contributed by atoms with van der Waals surface area (Å²) in [6.45, 7) is 4.64. The normalized spacial score (nSPS) is 12.6. The zero-order valence-electron chi connectivity index (χ0n) is 11.0. The Morgan fingerprint density at radius 2 is 1.79 bits per heavy atom. The fourth-order valence-corrected chi connectivity index (χ4v) is 2.07. The van der Waals surface area contributed by atoms with Crippen molar-refractivity contribution in [2.75, 3.05) is 6.54 Å². The Kier molecular flexibility index (Phi) is 4.32. The highest BCUT2D eigenvalue weighted by Gasteiger charge is 2.17. The van der Waals surface area contributed by atoms with Crippen molar-refractivity contribution in [1.82, 2.24) is 5.32 Å². The van der Waals surface area contributed by atoms with Gasteiger partial charge in [0.05, 0.1) is 12.3 Å². The minimum atomic E-state index is -0.571. The molecule has 102 valence electrons. The van der Waals surface area contributed by atoms with Gasteiger partial charge in [-0.3, -0.25) is 0 Å². The van der Waals surface area contributed by atoms with E-state index in [-0.39, 0.29) is 6.04 Å². The molecule has 0 fully saturated rings. The van der Waals surface area contributed by atoms with Gasteiger partial charge in [-0.05, 0) is 43.7 Å². The molecule has 0 amide bonds. The van der Waals surface area contributed by atoms with Crippen LogP contribution in [0.15, 0.2) is 34.9 Å². The summed E-state index contributed by atoms with van der Waals surface area (Å²) in [5.41, 5.74) is 1.43. The highest BCUT2D eigenvalue weighted by atomic mass is 19.1. The Morgan fingerprint density at radius 1 is 1.11 bits per heavy atom. The summed E-state index contributed by atoms with van der Waals surface area (Å²) >= 11 is 0. The van der Waals surface area contributed by atoms with Crippen molar-refractivity contribution >= 4 is 0 Å². The van der Waals surface area contributed by atoms with Crippen LogP contribution in [-0.2, 0) is 0 Å². The maximum Gasteiger partial charge on any atom is 0.126 e. The number of halogens is 2. The van der Waals surface area contributed by atoms with Gasteiger partial charge in [-0.15, -0.1) is 0 Å². The van der Waals surface area contributed by atoms with Crippen LogP contribution in [0.5, 0.6) is 0 Å². The Labute approximate surface area is 111 Å². The third kappa shape index (κ3) is 3.41. The third-order valence-electron chi connectivity index (χ3n) is 2.90. The molecule has 2 nitrogen and oxygen atoms in total. The number of benzene rings is 1. The lowest BCUT2D eigenvalue weighted by Gasteiger charge is -2.17. The summed E-state index contributed by atoms with van der Waals surface area (Å²) < 4.78 is 32.0. The maximum absolute atomic E-state index is 13.3. The van der Waals surface area contributed by atoms with E-state index in [0.717, 1.165) is 30.4 Å². The van der Waals surface area contributed by atoms with Crippen LogP contribution in [0.1, 0.15) is 36.3 Å². The van der Waals surface area contributed by atoms with Gasteiger partial charge in [-0.2, -0.15) is 0 Å². The second-order valence-electron chi connectivity index (χ2n) is 4.58. The lowest BCUT2D eigenvalue weighted by Crippen LogP contribution is -2.23. The fraction of sp³-hybridized carbons (Fsp3) is 0.333. The SMILES string of the molecule is CCCNC(c1cc(F)cc(F)c1)c1coc(C)c1. The molecule has 0 aliphatic rings. The Balaban J connectivity index is 2.36. The Bertz CT molecular complexity index is 531. The minimum Gasteiger partial charge on any atom is -0.469 e. The molecule has 0 radical (unpaired) electrons. The lowest BCUT2D eigenvalue weighted by molar-refractivity contribution is 0.521. The Morgan fingerprint density at radius 3 is 2.32 bits per heavy atom. The average Bonchev–Trinajstić information content (AvgIpc) is 2.75. The first-order valence-corrected chi connectivity index (χ1v) is 6.34. The Hall–Kier alpha value is -1.68. The van der Waals surface area contributed by atoms with Crippen molar-refractivity contribution in [3.8, 4) is 0 Å². The van der Waals surface area contributed by atoms with Crippen LogP contribution < -0.4 is 5.32 Å². The first kappa shape index (κ1) is 13.7. The van der Waals surface area contributed by atoms with E-state index >= 15 is 0 Å². The summed E-state index contributed by atoms with van der Waals surface area (Å²) in [6.07, 6.45) is 2.55. The van der Waals surface area contributed by atoms with E-state index in [4.69, 9.17) is 4.42 Å². The number of furan rings is 1. The van der Waals surface area contributed by atoms with E-state index in [9.17, 15) is 8.78 Å². The number of hydrogen-bond donors (Lipinski definition) is 1. The standard InChI is InChI=1S/C15H17F2NO/c1-3-4-18-15(12-5-10(2)19-9-12)11-6-13(16)8-14(17)7-11/h5-9,15,18H,3-4H2,1-2H3. The van der Waals surface area contributed by atoms with Crippen molar-refractivity contribution in [2.24, 2.45) is 0 Å². The molecule has 0 saturated carbocycles. The summed E-state index contributed by atoms with van der Waals surface area (Å²) in [4.78, 5) is 0. The minimum absolute atomic E-state index is 0.261. The van der Waals surface area contributed by atoms with Gasteiger partial charge in [0.15, 0.2) is 0 Å². The number of rotatable bonds is 5. The largest absolute Gasteiger partial charge is 0.469 e. The smallest absolute Gasteiger partial charge is 0.126 e. The first-order chi connectivity index (χ1) is 9.10. The maximum atomic E-state index is 13.3. The summed E-state index contributed by atoms with van der Waals surface area (Å²) in [5.74, 6) is -0.368. The van der Waals surface area contributed by atoms with Crippen LogP contribution in [0.3, 0.4) is 0 Å². The summed E-state index contributed by atoms with van der Waals surface area (Å²) in [7, 11) is 0. The van der Waals surface area contributed by atoms with Crippen molar-refractivity contribution in [2.45, 2.75) is 26.3 Å². The molecule has 0 saturated heterocycles. The molecule has 2 rings (SSSR count). The third-order valence-corrected chi connectivity index (χ3v) is 2.90. The van der Waals surface area contributed by atoms with Crippen LogP contribution in [-0.4, -0.2) is 6.54 Å². The molecule has 2 aromatic rings. The van der Waals surface area contributed by atoms with Gasteiger partial charge < -0.3 is 9.73 Å². The van der Waals surface area contributed by atoms with Gasteiger partial charge in [0.1, 0.15) is 17.4 Å². The van der Waals surface area contributed by atoms with Crippen LogP contribution >= 0.6 is 0 Å². The van der Waals surface area contributed by atoms with E-state index in [1.54, 1.807) is 6.26 Å². The molecule has 1 atom stereocenters. The van der Waals surface area contributed by atoms with E-state index < -0.39 is 11.6 Å². The van der Waals surface area contributed by atoms with E-state index in [2.05, 4.69) is 5.32 Å². The second-order valence-corrected chi connectivity index (χ2v) is 4.58. The van der Waals surface area contributed by atoms with Crippen LogP contribution in [0.2, 0.25) is 0 Å². The van der Waals surface area contributed by atoms with E-state index in [1.807, 2.05) is 19.9 Å². The zero-order chi connectivity index (χ0) is 13.8. The highest BCUT2D eigenvalue weighted by molar-refractivity contribution is 5.31. The van der Waals surface area contributed by atoms with Crippen molar-refractivity contribution in [1.29, 1.82) is 0 Å². The highest BCUT2D eigenvalue weighted by Crippen LogP contribution is 2.25. The molecule has 19 heavy (non-hydrogen) atoms. The molecule has 0 spiro atoms. The van der Waals surface area contributed by atoms with Gasteiger partial charge in [0.25, 0.3) is 0 Å². The molecule has 1 unspecified atom stereocenters. The van der Waals surface area contributed by atoms with Crippen LogP contribution in [0.4, 0.5) is 8.78 Å². The topological polar surface area (TPSA) is 25.2 Å². The van der Waals surface area contributed by atoms with E-state index in [0.29, 0.717) is 5.56 Å². The summed E-state index contributed by atoms with van der Waals surface area (Å²) in [5, 5.41) is 3.28. The molecule has 0 aliphatic carbocycles. The van der Waals surface area contributed by atoms with Gasteiger partial charge >= 0.3 is 0 Å². The zero-order valence-corrected chi connectivity index (χ0v) is 11.0. The molecule has 4 heteroatoms. The number of aryl methyl sites for hydroxylation is 1. The van der Waals surface area contributed by atoms with Gasteiger partial charge in [0.2, 0.25) is 0 Å². The molecule has 0 aliphatic heterocycles. The molecule has 1 N–H and O–H groups in total. The quantitative estimate of drug-likeness (QED) is 0.885. The van der Waals surface area contributed by atoms with Crippen molar-refractivity contribution < 1.29 is 13.2 Å². The number of nitrogens with one attached hydrogen (secondary N) is 1. The molecule has 0 bridgehead atoms. The predicted octanol–water partition coefficient (Wildman–Crippen LogP) is 3.96. The molecule has 1 aromatic heterocycles. The van der Waals surface area contributed by atoms with Gasteiger partial charge in [-0.1, -0.05) is 6.92 Å². The van der Waals surface area contributed by atoms with Crippen LogP contribution in [0.25, 0.3) is 0 Å². The number of hydrogen-bond acceptors (Lipinski definition) is 2. The molecule has 1 heterocycles. The van der Waals surface area contributed by atoms with Crippen molar-refractivity contribution in [3.05, 3.63) is 59.1 Å². The lowest BCUT2D eigenvalue weighted by atomic mass is 10.0. The van der Waals surface area contributed by atoms with E-state index in [1.165, 1.54) is 12.1 Å².